The van der Waals surface area contributed by atoms with Crippen molar-refractivity contribution in [2.45, 2.75) is 154 Å². The van der Waals surface area contributed by atoms with Crippen LogP contribution in [0.5, 0.6) is 0 Å². The Morgan fingerprint density at radius 2 is 0.893 bits per heavy atom. The first-order chi connectivity index (χ1) is 27.4. The van der Waals surface area contributed by atoms with Gasteiger partial charge in [0.25, 0.3) is 0 Å². The van der Waals surface area contributed by atoms with E-state index in [4.69, 9.17) is 10.5 Å². The molecule has 0 amide bonds. The standard InChI is InChI=1S/C47H78NO7P/c1-2-3-4-5-6-7-8-9-10-11-12-13-14-15-16-17-18-19-20-21-22-23-24-25-26-27-28-29-30-31-32-33-34-35-36-37-38-39-40-41-47(50)53-44-46(49)45-55-56(51,52)54-43-42-48/h3-4,6-7,9-10,12-13,15-16,18-19,21-22,24-25,27-28,46,49H,2,5,8,11,14,17,20,23,26,29-45,48H2,1H3,(H,51,52)/b4-3-,7-6-,10-9-,13-12-,16-15-,19-18-,22-21-,25-24-,28-27-. The second-order valence-electron chi connectivity index (χ2n) is 13.7. The fourth-order valence-corrected chi connectivity index (χ4v) is 6.04. The molecule has 0 aliphatic carbocycles. The van der Waals surface area contributed by atoms with Crippen molar-refractivity contribution in [3.63, 3.8) is 0 Å². The molecular formula is C47H78NO7P. The minimum Gasteiger partial charge on any atom is -0.463 e. The van der Waals surface area contributed by atoms with E-state index in [0.29, 0.717) is 6.42 Å². The summed E-state index contributed by atoms with van der Waals surface area (Å²) >= 11 is 0. The molecule has 2 atom stereocenters. The van der Waals surface area contributed by atoms with Crippen LogP contribution in [-0.2, 0) is 23.1 Å². The van der Waals surface area contributed by atoms with Crippen LogP contribution in [0.1, 0.15) is 148 Å². The molecule has 56 heavy (non-hydrogen) atoms. The quantitative estimate of drug-likeness (QED) is 0.0243. The number of phosphoric acid groups is 1. The molecule has 0 heterocycles. The Hall–Kier alpha value is -2.84. The third-order valence-corrected chi connectivity index (χ3v) is 9.39. The van der Waals surface area contributed by atoms with E-state index in [2.05, 4.69) is 125 Å². The van der Waals surface area contributed by atoms with Crippen LogP contribution in [0.15, 0.2) is 109 Å². The molecule has 0 fully saturated rings. The third kappa shape index (κ3) is 43.9. The normalized spacial score (nSPS) is 14.6. The summed E-state index contributed by atoms with van der Waals surface area (Å²) in [6.07, 6.45) is 62.7. The molecule has 0 aromatic carbocycles. The zero-order chi connectivity index (χ0) is 40.9. The predicted octanol–water partition coefficient (Wildman–Crippen LogP) is 12.6. The highest BCUT2D eigenvalue weighted by Gasteiger charge is 2.22. The molecule has 2 unspecified atom stereocenters. The molecule has 0 radical (unpaired) electrons. The van der Waals surface area contributed by atoms with Crippen LogP contribution in [0.3, 0.4) is 0 Å². The van der Waals surface area contributed by atoms with Gasteiger partial charge in [-0.1, -0.05) is 174 Å². The van der Waals surface area contributed by atoms with Gasteiger partial charge in [-0.2, -0.15) is 0 Å². The van der Waals surface area contributed by atoms with Crippen molar-refractivity contribution in [3.8, 4) is 0 Å². The van der Waals surface area contributed by atoms with Crippen LogP contribution in [0.25, 0.3) is 0 Å². The summed E-state index contributed by atoms with van der Waals surface area (Å²) < 4.78 is 25.7. The lowest BCUT2D eigenvalue weighted by atomic mass is 10.0. The van der Waals surface area contributed by atoms with Crippen molar-refractivity contribution in [3.05, 3.63) is 109 Å². The lowest BCUT2D eigenvalue weighted by molar-refractivity contribution is -0.147. The molecule has 0 aliphatic heterocycles. The molecule has 0 aromatic heterocycles. The number of aliphatic hydroxyl groups excluding tert-OH is 1. The van der Waals surface area contributed by atoms with Crippen molar-refractivity contribution < 1.29 is 33.1 Å². The van der Waals surface area contributed by atoms with Crippen molar-refractivity contribution in [2.75, 3.05) is 26.4 Å². The summed E-state index contributed by atoms with van der Waals surface area (Å²) in [6.45, 7) is 1.32. The first-order valence-corrected chi connectivity index (χ1v) is 22.9. The predicted molar refractivity (Wildman–Crippen MR) is 237 cm³/mol. The number of hydrogen-bond donors (Lipinski definition) is 3. The number of carbonyl (C=O) groups is 1. The Balaban J connectivity index is 3.51. The van der Waals surface area contributed by atoms with Gasteiger partial charge >= 0.3 is 13.8 Å². The van der Waals surface area contributed by atoms with Gasteiger partial charge in [0.2, 0.25) is 0 Å². The third-order valence-electron chi connectivity index (χ3n) is 8.40. The highest BCUT2D eigenvalue weighted by atomic mass is 31.2. The maximum absolute atomic E-state index is 11.8. The Morgan fingerprint density at radius 1 is 0.536 bits per heavy atom. The van der Waals surface area contributed by atoms with E-state index in [1.807, 2.05) is 0 Å². The number of esters is 1. The number of rotatable bonds is 39. The van der Waals surface area contributed by atoms with Crippen LogP contribution in [0, 0.1) is 0 Å². The minimum absolute atomic E-state index is 0.0695. The number of phosphoric ester groups is 1. The second-order valence-corrected chi connectivity index (χ2v) is 15.1. The van der Waals surface area contributed by atoms with E-state index >= 15 is 0 Å². The molecule has 0 bridgehead atoms. The monoisotopic (exact) mass is 800 g/mol. The number of carbonyl (C=O) groups excluding carboxylic acids is 1. The number of hydrogen-bond acceptors (Lipinski definition) is 7. The number of allylic oxidation sites excluding steroid dienone is 18. The molecule has 0 aromatic rings. The van der Waals surface area contributed by atoms with E-state index in [1.54, 1.807) is 0 Å². The summed E-state index contributed by atoms with van der Waals surface area (Å²) in [5.41, 5.74) is 5.20. The Labute approximate surface area is 341 Å². The first-order valence-electron chi connectivity index (χ1n) is 21.4. The van der Waals surface area contributed by atoms with Crippen LogP contribution in [-0.4, -0.2) is 48.4 Å². The van der Waals surface area contributed by atoms with E-state index in [0.717, 1.165) is 77.0 Å². The molecule has 0 saturated heterocycles. The van der Waals surface area contributed by atoms with E-state index in [9.17, 15) is 19.4 Å². The lowest BCUT2D eigenvalue weighted by Crippen LogP contribution is -2.23. The molecule has 0 spiro atoms. The summed E-state index contributed by atoms with van der Waals surface area (Å²) in [5, 5.41) is 9.77. The fraction of sp³-hybridized carbons (Fsp3) is 0.596. The number of ether oxygens (including phenoxy) is 1. The van der Waals surface area contributed by atoms with Gasteiger partial charge in [0.1, 0.15) is 12.7 Å². The molecule has 9 heteroatoms. The van der Waals surface area contributed by atoms with Gasteiger partial charge in [0.05, 0.1) is 13.2 Å². The Bertz CT molecular complexity index is 1210. The van der Waals surface area contributed by atoms with Gasteiger partial charge in [-0.3, -0.25) is 13.8 Å². The van der Waals surface area contributed by atoms with Crippen molar-refractivity contribution in [2.24, 2.45) is 5.73 Å². The zero-order valence-electron chi connectivity index (χ0n) is 34.8. The van der Waals surface area contributed by atoms with Crippen LogP contribution >= 0.6 is 7.82 Å². The van der Waals surface area contributed by atoms with Gasteiger partial charge in [-0.05, 0) is 77.0 Å². The van der Waals surface area contributed by atoms with Gasteiger partial charge in [-0.25, -0.2) is 4.57 Å². The van der Waals surface area contributed by atoms with Gasteiger partial charge in [-0.15, -0.1) is 0 Å². The SMILES string of the molecule is CC/C=C\C/C=C\C/C=C\C/C=C\C/C=C\C/C=C\C/C=C\C/C=C\C/C=C\CCCCCCCCCCCCCC(=O)OCC(O)COP(=O)(O)OCCN. The lowest BCUT2D eigenvalue weighted by Gasteiger charge is -2.15. The average Bonchev–Trinajstić information content (AvgIpc) is 3.19. The molecular weight excluding hydrogens is 721 g/mol. The van der Waals surface area contributed by atoms with E-state index in [-0.39, 0.29) is 19.8 Å². The molecule has 0 rings (SSSR count). The summed E-state index contributed by atoms with van der Waals surface area (Å²) in [7, 11) is -4.26. The average molecular weight is 800 g/mol. The molecule has 0 saturated carbocycles. The topological polar surface area (TPSA) is 128 Å². The van der Waals surface area contributed by atoms with E-state index < -0.39 is 26.5 Å². The first kappa shape index (κ1) is 53.2. The van der Waals surface area contributed by atoms with Crippen LogP contribution in [0.2, 0.25) is 0 Å². The molecule has 318 valence electrons. The largest absolute Gasteiger partial charge is 0.472 e. The van der Waals surface area contributed by atoms with Crippen molar-refractivity contribution >= 4 is 13.8 Å². The number of aliphatic hydroxyl groups is 1. The van der Waals surface area contributed by atoms with Crippen molar-refractivity contribution in [1.29, 1.82) is 0 Å². The second kappa shape index (κ2) is 43.3. The smallest absolute Gasteiger partial charge is 0.463 e. The maximum atomic E-state index is 11.8. The number of nitrogens with two attached hydrogens (primary N) is 1. The van der Waals surface area contributed by atoms with Crippen molar-refractivity contribution in [1.82, 2.24) is 0 Å². The Morgan fingerprint density at radius 3 is 1.29 bits per heavy atom. The highest BCUT2D eigenvalue weighted by Crippen LogP contribution is 2.42. The molecule has 4 N–H and O–H groups in total. The summed E-state index contributed by atoms with van der Waals surface area (Å²) in [4.78, 5) is 21.2. The van der Waals surface area contributed by atoms with Crippen LogP contribution in [0.4, 0.5) is 0 Å². The van der Waals surface area contributed by atoms with Crippen LogP contribution < -0.4 is 5.73 Å². The minimum atomic E-state index is -4.26. The molecule has 0 aliphatic rings. The van der Waals surface area contributed by atoms with E-state index in [1.165, 1.54) is 57.8 Å². The summed E-state index contributed by atoms with van der Waals surface area (Å²) in [5.74, 6) is -0.393. The summed E-state index contributed by atoms with van der Waals surface area (Å²) in [6, 6.07) is 0. The zero-order valence-corrected chi connectivity index (χ0v) is 35.7. The van der Waals surface area contributed by atoms with Gasteiger partial charge in [0, 0.05) is 13.0 Å². The van der Waals surface area contributed by atoms with Gasteiger partial charge in [0.15, 0.2) is 0 Å². The Kier molecular flexibility index (Phi) is 41.1. The maximum Gasteiger partial charge on any atom is 0.472 e. The van der Waals surface area contributed by atoms with Gasteiger partial charge < -0.3 is 20.5 Å². The highest BCUT2D eigenvalue weighted by molar-refractivity contribution is 7.47. The molecule has 8 nitrogen and oxygen atoms in total. The fourth-order valence-electron chi connectivity index (χ4n) is 5.27. The number of unbranched alkanes of at least 4 members (excludes halogenated alkanes) is 11.